The van der Waals surface area contributed by atoms with E-state index in [4.69, 9.17) is 9.47 Å². The zero-order chi connectivity index (χ0) is 19.0. The maximum absolute atomic E-state index is 12.2. The van der Waals surface area contributed by atoms with Gasteiger partial charge in [-0.3, -0.25) is 4.79 Å². The smallest absolute Gasteiger partial charge is 0.408 e. The van der Waals surface area contributed by atoms with Crippen LogP contribution in [0.3, 0.4) is 0 Å². The number of hydrogen-bond acceptors (Lipinski definition) is 7. The lowest BCUT2D eigenvalue weighted by molar-refractivity contribution is -0.142. The lowest BCUT2D eigenvalue weighted by Gasteiger charge is -2.22. The summed E-state index contributed by atoms with van der Waals surface area (Å²) < 4.78 is 14.8. The minimum Gasteiger partial charge on any atom is -0.497 e. The van der Waals surface area contributed by atoms with Crippen molar-refractivity contribution in [2.24, 2.45) is 0 Å². The third-order valence-corrected chi connectivity index (χ3v) is 3.88. The van der Waals surface area contributed by atoms with Crippen molar-refractivity contribution < 1.29 is 28.6 Å². The number of carbonyl (C=O) groups excluding carboxylic acids is 3. The minimum absolute atomic E-state index is 0.0246. The highest BCUT2D eigenvalue weighted by atomic mass is 32.2. The van der Waals surface area contributed by atoms with E-state index in [0.29, 0.717) is 11.3 Å². The minimum atomic E-state index is -0.993. The molecule has 0 unspecified atom stereocenters. The van der Waals surface area contributed by atoms with Gasteiger partial charge in [0.2, 0.25) is 5.12 Å². The standard InChI is InChI=1S/C17H23NO6S/c1-17(2,3)24-16(21)18-13(14(19)23-5)10-25-15(20)11-6-8-12(22-4)9-7-11/h6-9,13H,10H2,1-5H3,(H,18,21)/t13-/m0/s1. The molecule has 0 aliphatic heterocycles. The number of amides is 1. The van der Waals surface area contributed by atoms with Gasteiger partial charge in [0.1, 0.15) is 17.4 Å². The Bertz CT molecular complexity index is 609. The number of alkyl carbamates (subject to hydrolysis) is 1. The Balaban J connectivity index is 2.67. The summed E-state index contributed by atoms with van der Waals surface area (Å²) in [5.41, 5.74) is -0.233. The van der Waals surface area contributed by atoms with Crippen LogP contribution in [0.15, 0.2) is 24.3 Å². The van der Waals surface area contributed by atoms with E-state index in [1.54, 1.807) is 45.0 Å². The topological polar surface area (TPSA) is 90.9 Å². The van der Waals surface area contributed by atoms with E-state index in [-0.39, 0.29) is 10.9 Å². The zero-order valence-electron chi connectivity index (χ0n) is 15.0. The maximum atomic E-state index is 12.2. The summed E-state index contributed by atoms with van der Waals surface area (Å²) in [5, 5.41) is 2.19. The van der Waals surface area contributed by atoms with Crippen LogP contribution in [0.2, 0.25) is 0 Å². The molecule has 1 aromatic carbocycles. The van der Waals surface area contributed by atoms with Gasteiger partial charge in [-0.05, 0) is 45.0 Å². The van der Waals surface area contributed by atoms with Gasteiger partial charge in [-0.2, -0.15) is 0 Å². The van der Waals surface area contributed by atoms with Crippen LogP contribution in [0.1, 0.15) is 31.1 Å². The predicted molar refractivity (Wildman–Crippen MR) is 95.0 cm³/mol. The molecule has 0 aromatic heterocycles. The van der Waals surface area contributed by atoms with Gasteiger partial charge in [0, 0.05) is 11.3 Å². The quantitative estimate of drug-likeness (QED) is 0.771. The average molecular weight is 369 g/mol. The molecular formula is C17H23NO6S. The average Bonchev–Trinajstić information content (AvgIpc) is 2.56. The molecule has 8 heteroatoms. The van der Waals surface area contributed by atoms with Crippen LogP contribution in [0.4, 0.5) is 4.79 Å². The van der Waals surface area contributed by atoms with E-state index in [1.165, 1.54) is 14.2 Å². The summed E-state index contributed by atoms with van der Waals surface area (Å²) in [6.45, 7) is 5.13. The first kappa shape index (κ1) is 20.8. The van der Waals surface area contributed by atoms with Crippen molar-refractivity contribution in [3.05, 3.63) is 29.8 Å². The number of carbonyl (C=O) groups is 3. The van der Waals surface area contributed by atoms with E-state index in [9.17, 15) is 14.4 Å². The van der Waals surface area contributed by atoms with Gasteiger partial charge in [0.15, 0.2) is 0 Å². The van der Waals surface area contributed by atoms with Crippen LogP contribution >= 0.6 is 11.8 Å². The molecule has 1 N–H and O–H groups in total. The third kappa shape index (κ3) is 7.47. The molecule has 0 bridgehead atoms. The largest absolute Gasteiger partial charge is 0.497 e. The summed E-state index contributed by atoms with van der Waals surface area (Å²) >= 11 is 0.904. The second-order valence-electron chi connectivity index (χ2n) is 6.05. The Labute approximate surface area is 151 Å². The van der Waals surface area contributed by atoms with Crippen molar-refractivity contribution >= 4 is 28.9 Å². The summed E-state index contributed by atoms with van der Waals surface area (Å²) in [6.07, 6.45) is -0.750. The molecule has 0 aliphatic rings. The number of nitrogens with one attached hydrogen (secondary N) is 1. The van der Waals surface area contributed by atoms with Crippen molar-refractivity contribution in [1.82, 2.24) is 5.32 Å². The van der Waals surface area contributed by atoms with Crippen molar-refractivity contribution in [3.63, 3.8) is 0 Å². The number of thioether (sulfide) groups is 1. The maximum Gasteiger partial charge on any atom is 0.408 e. The van der Waals surface area contributed by atoms with E-state index < -0.39 is 23.7 Å². The molecule has 138 valence electrons. The number of methoxy groups -OCH3 is 2. The molecular weight excluding hydrogens is 346 g/mol. The Morgan fingerprint density at radius 3 is 2.20 bits per heavy atom. The van der Waals surface area contributed by atoms with E-state index in [0.717, 1.165) is 11.8 Å². The monoisotopic (exact) mass is 369 g/mol. The molecule has 0 heterocycles. The van der Waals surface area contributed by atoms with E-state index in [1.807, 2.05) is 0 Å². The Kier molecular flexibility index (Phi) is 7.76. The van der Waals surface area contributed by atoms with E-state index in [2.05, 4.69) is 10.1 Å². The first-order chi connectivity index (χ1) is 11.7. The first-order valence-electron chi connectivity index (χ1n) is 7.55. The lowest BCUT2D eigenvalue weighted by atomic mass is 10.2. The van der Waals surface area contributed by atoms with E-state index >= 15 is 0 Å². The number of hydrogen-bond donors (Lipinski definition) is 1. The van der Waals surface area contributed by atoms with Crippen LogP contribution in [0.25, 0.3) is 0 Å². The fourth-order valence-corrected chi connectivity index (χ4v) is 2.57. The number of esters is 1. The molecule has 1 atom stereocenters. The fourth-order valence-electron chi connectivity index (χ4n) is 1.73. The molecule has 1 amide bonds. The van der Waals surface area contributed by atoms with Gasteiger partial charge in [-0.15, -0.1) is 0 Å². The van der Waals surface area contributed by atoms with Crippen molar-refractivity contribution in [2.75, 3.05) is 20.0 Å². The normalized spacial score (nSPS) is 12.0. The second-order valence-corrected chi connectivity index (χ2v) is 7.04. The van der Waals surface area contributed by atoms with Gasteiger partial charge < -0.3 is 19.5 Å². The summed E-state index contributed by atoms with van der Waals surface area (Å²) in [4.78, 5) is 35.8. The highest BCUT2D eigenvalue weighted by Crippen LogP contribution is 2.18. The predicted octanol–water partition coefficient (Wildman–Crippen LogP) is 2.63. The molecule has 0 spiro atoms. The molecule has 1 aromatic rings. The molecule has 0 saturated carbocycles. The first-order valence-corrected chi connectivity index (χ1v) is 8.53. The Morgan fingerprint density at radius 2 is 1.72 bits per heavy atom. The Morgan fingerprint density at radius 1 is 1.12 bits per heavy atom. The molecule has 0 radical (unpaired) electrons. The summed E-state index contributed by atoms with van der Waals surface area (Å²) in [5.74, 6) is 0.0121. The lowest BCUT2D eigenvalue weighted by Crippen LogP contribution is -2.45. The van der Waals surface area contributed by atoms with Gasteiger partial charge >= 0.3 is 12.1 Å². The van der Waals surface area contributed by atoms with Gasteiger partial charge in [-0.25, -0.2) is 9.59 Å². The summed E-state index contributed by atoms with van der Waals surface area (Å²) in [7, 11) is 2.75. The van der Waals surface area contributed by atoms with Crippen molar-refractivity contribution in [2.45, 2.75) is 32.4 Å². The Hall–Kier alpha value is -2.22. The van der Waals surface area contributed by atoms with Gasteiger partial charge in [-0.1, -0.05) is 11.8 Å². The third-order valence-electron chi connectivity index (χ3n) is 2.88. The zero-order valence-corrected chi connectivity index (χ0v) is 15.8. The van der Waals surface area contributed by atoms with Crippen LogP contribution in [0, 0.1) is 0 Å². The van der Waals surface area contributed by atoms with Crippen molar-refractivity contribution in [1.29, 1.82) is 0 Å². The number of ether oxygens (including phenoxy) is 3. The molecule has 0 saturated heterocycles. The number of benzene rings is 1. The fraction of sp³-hybridized carbons (Fsp3) is 0.471. The van der Waals surface area contributed by atoms with Crippen LogP contribution in [0.5, 0.6) is 5.75 Å². The molecule has 25 heavy (non-hydrogen) atoms. The molecule has 7 nitrogen and oxygen atoms in total. The van der Waals surface area contributed by atoms with Crippen molar-refractivity contribution in [3.8, 4) is 5.75 Å². The number of rotatable bonds is 6. The molecule has 1 rings (SSSR count). The van der Waals surface area contributed by atoms with Gasteiger partial charge in [0.05, 0.1) is 14.2 Å². The van der Waals surface area contributed by atoms with Crippen LogP contribution < -0.4 is 10.1 Å². The second kappa shape index (κ2) is 9.31. The summed E-state index contributed by atoms with van der Waals surface area (Å²) in [6, 6.07) is 5.60. The SMILES string of the molecule is COC(=O)[C@H](CSC(=O)c1ccc(OC)cc1)NC(=O)OC(C)(C)C. The van der Waals surface area contributed by atoms with Gasteiger partial charge in [0.25, 0.3) is 0 Å². The highest BCUT2D eigenvalue weighted by molar-refractivity contribution is 8.14. The molecule has 0 fully saturated rings. The molecule has 0 aliphatic carbocycles. The van der Waals surface area contributed by atoms with Crippen LogP contribution in [-0.4, -0.2) is 48.8 Å². The highest BCUT2D eigenvalue weighted by Gasteiger charge is 2.26. The van der Waals surface area contributed by atoms with Crippen LogP contribution in [-0.2, 0) is 14.3 Å².